The van der Waals surface area contributed by atoms with E-state index in [4.69, 9.17) is 28.4 Å². The zero-order valence-electron chi connectivity index (χ0n) is 39.0. The minimum absolute atomic E-state index is 0.00550. The molecule has 368 valence electrons. The van der Waals surface area contributed by atoms with Gasteiger partial charge in [0, 0.05) is 23.2 Å². The lowest BCUT2D eigenvalue weighted by Gasteiger charge is -2.73. The third-order valence-corrected chi connectivity index (χ3v) is 19.6. The second kappa shape index (κ2) is 16.9. The number of hydrogen-bond acceptors (Lipinski definition) is 17. The molecule has 64 heavy (non-hydrogen) atoms. The highest BCUT2D eigenvalue weighted by atomic mass is 16.7. The molecule has 8 aliphatic rings. The van der Waals surface area contributed by atoms with Gasteiger partial charge < -0.3 is 79.5 Å². The summed E-state index contributed by atoms with van der Waals surface area (Å²) in [6, 6.07) is 0. The van der Waals surface area contributed by atoms with Crippen LogP contribution in [0.1, 0.15) is 114 Å². The number of rotatable bonds is 8. The lowest BCUT2D eigenvalue weighted by Crippen LogP contribution is -2.72. The predicted octanol–water partition coefficient (Wildman–Crippen LogP) is 0.509. The third-order valence-electron chi connectivity index (χ3n) is 19.6. The smallest absolute Gasteiger partial charge is 0.187 e. The van der Waals surface area contributed by atoms with Crippen molar-refractivity contribution in [1.82, 2.24) is 0 Å². The van der Waals surface area contributed by atoms with Crippen molar-refractivity contribution < 1.29 is 84.3 Å². The van der Waals surface area contributed by atoms with Crippen LogP contribution in [-0.4, -0.2) is 174 Å². The van der Waals surface area contributed by atoms with Crippen molar-refractivity contribution in [3.63, 3.8) is 0 Å². The number of ketones is 1. The molecule has 0 amide bonds. The zero-order valence-corrected chi connectivity index (χ0v) is 39.0. The van der Waals surface area contributed by atoms with Gasteiger partial charge in [-0.25, -0.2) is 0 Å². The Kier molecular flexibility index (Phi) is 13.0. The van der Waals surface area contributed by atoms with Crippen LogP contribution in [0.15, 0.2) is 0 Å². The number of Topliss-reactive ketones (excluding diaryl/α,β-unsaturated/α-hetero) is 1. The Morgan fingerprint density at radius 2 is 1.33 bits per heavy atom. The van der Waals surface area contributed by atoms with E-state index in [0.717, 1.165) is 25.7 Å². The summed E-state index contributed by atoms with van der Waals surface area (Å²) in [4.78, 5) is 15.0. The Morgan fingerprint density at radius 3 is 2.00 bits per heavy atom. The van der Waals surface area contributed by atoms with Gasteiger partial charge in [0.15, 0.2) is 18.9 Å². The molecule has 8 rings (SSSR count). The van der Waals surface area contributed by atoms with E-state index in [0.29, 0.717) is 25.7 Å². The van der Waals surface area contributed by atoms with Crippen LogP contribution >= 0.6 is 0 Å². The van der Waals surface area contributed by atoms with Crippen molar-refractivity contribution in [3.05, 3.63) is 0 Å². The van der Waals surface area contributed by atoms with Crippen molar-refractivity contribution >= 4 is 5.78 Å². The quantitative estimate of drug-likeness (QED) is 0.149. The standard InChI is InChI=1S/C47H78O17/c1-20-30(52)32(54)35(57)40(60-20)63-37-25(18-48)61-41(36(58)33(37)55)64-43(4,5)21-12-14-44(6)22(21)16-28(51)47(9)27(44)11-10-26-45(7)15-13-29(62-39-34(56)31(53)24(50)19-59-39)42(2,3)38(45)23(49)17-46(26,47)8/h20-22,24-41,48,50-58H,10-19H2,1-9H3/t20-,21+,22-,24-,25+,26+,27+,28+,29-,30-,31-,32+,33+,34+,35+,36+,37+,38-,39-,40-,41-,44-,45+,46+,47-/m0/s1. The first-order chi connectivity index (χ1) is 29.7. The van der Waals surface area contributed by atoms with Gasteiger partial charge in [-0.2, -0.15) is 0 Å². The number of carbonyl (C=O) groups is 1. The van der Waals surface area contributed by atoms with E-state index in [1.54, 1.807) is 0 Å². The Balaban J connectivity index is 0.982. The van der Waals surface area contributed by atoms with Gasteiger partial charge in [0.1, 0.15) is 66.8 Å². The average molecular weight is 915 g/mol. The second-order valence-electron chi connectivity index (χ2n) is 23.4. The highest BCUT2D eigenvalue weighted by Gasteiger charge is 2.75. The van der Waals surface area contributed by atoms with Crippen LogP contribution in [0.4, 0.5) is 0 Å². The van der Waals surface area contributed by atoms with Gasteiger partial charge in [-0.3, -0.25) is 4.79 Å². The maximum atomic E-state index is 15.0. The number of ether oxygens (including phenoxy) is 6. The van der Waals surface area contributed by atoms with E-state index in [1.807, 2.05) is 13.8 Å². The molecule has 0 bridgehead atoms. The highest BCUT2D eigenvalue weighted by Crippen LogP contribution is 2.78. The van der Waals surface area contributed by atoms with E-state index in [2.05, 4.69) is 41.5 Å². The van der Waals surface area contributed by atoms with Gasteiger partial charge in [-0.15, -0.1) is 0 Å². The fourth-order valence-corrected chi connectivity index (χ4v) is 16.1. The molecule has 8 fully saturated rings. The summed E-state index contributed by atoms with van der Waals surface area (Å²) < 4.78 is 36.1. The normalized spacial score (nSPS) is 56.4. The summed E-state index contributed by atoms with van der Waals surface area (Å²) in [6.07, 6.45) is -15.2. The lowest BCUT2D eigenvalue weighted by atomic mass is 9.31. The minimum atomic E-state index is -1.68. The summed E-state index contributed by atoms with van der Waals surface area (Å²) in [6.45, 7) is 17.7. The lowest BCUT2D eigenvalue weighted by molar-refractivity contribution is -0.368. The van der Waals surface area contributed by atoms with Crippen molar-refractivity contribution in [3.8, 4) is 0 Å². The van der Waals surface area contributed by atoms with Crippen molar-refractivity contribution in [1.29, 1.82) is 0 Å². The van der Waals surface area contributed by atoms with Gasteiger partial charge in [0.2, 0.25) is 0 Å². The van der Waals surface area contributed by atoms with Crippen molar-refractivity contribution in [2.75, 3.05) is 13.2 Å². The molecular weight excluding hydrogens is 836 g/mol. The van der Waals surface area contributed by atoms with Crippen molar-refractivity contribution in [2.24, 2.45) is 56.7 Å². The van der Waals surface area contributed by atoms with Gasteiger partial charge >= 0.3 is 0 Å². The molecular formula is C47H78O17. The molecule has 3 heterocycles. The molecule has 17 nitrogen and oxygen atoms in total. The second-order valence-corrected chi connectivity index (χ2v) is 23.4. The monoisotopic (exact) mass is 915 g/mol. The van der Waals surface area contributed by atoms with Crippen LogP contribution in [0.2, 0.25) is 0 Å². The van der Waals surface area contributed by atoms with Gasteiger partial charge in [-0.1, -0.05) is 41.5 Å². The maximum Gasteiger partial charge on any atom is 0.187 e. The highest BCUT2D eigenvalue weighted by molar-refractivity contribution is 5.85. The van der Waals surface area contributed by atoms with Crippen LogP contribution in [0.5, 0.6) is 0 Å². The number of hydrogen-bond donors (Lipinski definition) is 10. The van der Waals surface area contributed by atoms with E-state index < -0.39 is 132 Å². The number of fused-ring (bicyclic) bond motifs is 7. The van der Waals surface area contributed by atoms with E-state index in [-0.39, 0.29) is 47.4 Å². The largest absolute Gasteiger partial charge is 0.394 e. The number of carbonyl (C=O) groups excluding carboxylic acids is 1. The van der Waals surface area contributed by atoms with Gasteiger partial charge in [0.25, 0.3) is 0 Å². The number of aliphatic hydroxyl groups excluding tert-OH is 10. The summed E-state index contributed by atoms with van der Waals surface area (Å²) in [5, 5.41) is 108. The first-order valence-corrected chi connectivity index (χ1v) is 23.9. The van der Waals surface area contributed by atoms with Crippen LogP contribution in [0.3, 0.4) is 0 Å². The van der Waals surface area contributed by atoms with Crippen LogP contribution in [0.25, 0.3) is 0 Å². The van der Waals surface area contributed by atoms with E-state index in [9.17, 15) is 55.9 Å². The first kappa shape index (κ1) is 49.5. The Bertz CT molecular complexity index is 1710. The molecule has 3 aliphatic heterocycles. The van der Waals surface area contributed by atoms with E-state index >= 15 is 0 Å². The van der Waals surface area contributed by atoms with Crippen LogP contribution < -0.4 is 0 Å². The summed E-state index contributed by atoms with van der Waals surface area (Å²) >= 11 is 0. The maximum absolute atomic E-state index is 15.0. The average Bonchev–Trinajstić information content (AvgIpc) is 3.57. The summed E-state index contributed by atoms with van der Waals surface area (Å²) in [5.74, 6) is -0.0911. The molecule has 17 heteroatoms. The molecule has 25 atom stereocenters. The molecule has 0 radical (unpaired) electrons. The summed E-state index contributed by atoms with van der Waals surface area (Å²) in [5.41, 5.74) is -3.34. The number of aliphatic hydroxyl groups is 10. The molecule has 3 saturated heterocycles. The first-order valence-electron chi connectivity index (χ1n) is 23.9. The molecule has 10 N–H and O–H groups in total. The fraction of sp³-hybridized carbons (Fsp3) is 0.979. The third kappa shape index (κ3) is 7.26. The molecule has 0 aromatic carbocycles. The predicted molar refractivity (Wildman–Crippen MR) is 224 cm³/mol. The SMILES string of the molecule is C[C@@H]1O[C@@H](O[C@H]2[C@H](O)[C@@H](O)[C@H](OC(C)(C)[C@@H]3CC[C@]4(C)[C@H]5CC[C@@H]6[C@@]7(C)CC[C@H](O[C@@H]8OC[C@H](O)[C@H](O)[C@H]8O)C(C)(C)[C@@H]7C(=O)C[C@@]6(C)[C@]5(C)[C@H](O)C[C@@H]34)O[C@@H]2CO)[C@H](O)[C@H](O)[C@H]1O. The molecule has 0 spiro atoms. The van der Waals surface area contributed by atoms with E-state index in [1.165, 1.54) is 6.92 Å². The van der Waals surface area contributed by atoms with Crippen LogP contribution in [-0.2, 0) is 33.2 Å². The Labute approximate surface area is 376 Å². The zero-order chi connectivity index (χ0) is 47.0. The Morgan fingerprint density at radius 1 is 0.703 bits per heavy atom. The topological polar surface area (TPSA) is 275 Å². The van der Waals surface area contributed by atoms with Crippen molar-refractivity contribution in [2.45, 2.75) is 218 Å². The molecule has 5 saturated carbocycles. The van der Waals surface area contributed by atoms with Gasteiger partial charge in [0.05, 0.1) is 37.1 Å². The van der Waals surface area contributed by atoms with Gasteiger partial charge in [-0.05, 0) is 106 Å². The molecule has 0 aromatic heterocycles. The van der Waals surface area contributed by atoms with Crippen LogP contribution in [0, 0.1) is 56.7 Å². The molecule has 5 aliphatic carbocycles. The summed E-state index contributed by atoms with van der Waals surface area (Å²) in [7, 11) is 0. The molecule has 0 unspecified atom stereocenters. The molecule has 0 aromatic rings. The minimum Gasteiger partial charge on any atom is -0.394 e. The Hall–Kier alpha value is -0.970. The fourth-order valence-electron chi connectivity index (χ4n) is 16.1.